The maximum atomic E-state index is 12.5. The van der Waals surface area contributed by atoms with Gasteiger partial charge in [-0.05, 0) is 42.5 Å². The lowest BCUT2D eigenvalue weighted by Crippen LogP contribution is -2.13. The van der Waals surface area contributed by atoms with Gasteiger partial charge in [0.15, 0.2) is 11.5 Å². The molecular weight excluding hydrogens is 356 g/mol. The van der Waals surface area contributed by atoms with Crippen LogP contribution in [0.25, 0.3) is 0 Å². The van der Waals surface area contributed by atoms with E-state index in [0.29, 0.717) is 11.5 Å². The van der Waals surface area contributed by atoms with Gasteiger partial charge in [-0.2, -0.15) is 8.78 Å². The number of rotatable bonds is 6. The minimum absolute atomic E-state index is 0.257. The smallest absolute Gasteiger partial charge is 0.341 e. The Bertz CT molecular complexity index is 867. The summed E-state index contributed by atoms with van der Waals surface area (Å²) >= 11 is 0. The Morgan fingerprint density at radius 2 is 1.60 bits per heavy atom. The first-order valence-corrected chi connectivity index (χ1v) is 8.49. The lowest BCUT2D eigenvalue weighted by atomic mass is 10.2. The van der Waals surface area contributed by atoms with Crippen LogP contribution in [0.1, 0.15) is 10.4 Å². The summed E-state index contributed by atoms with van der Waals surface area (Å²) in [5.74, 6) is -3.15. The summed E-state index contributed by atoms with van der Waals surface area (Å²) in [5.41, 5.74) is 0.537. The number of hydrogen-bond acceptors (Lipinski definition) is 5. The number of methoxy groups -OCH3 is 2. The highest BCUT2D eigenvalue weighted by Crippen LogP contribution is 2.28. The maximum absolute atomic E-state index is 12.5. The third-order valence-corrected chi connectivity index (χ3v) is 4.72. The van der Waals surface area contributed by atoms with E-state index in [1.54, 1.807) is 6.07 Å². The van der Waals surface area contributed by atoms with E-state index in [1.165, 1.54) is 38.5 Å². The highest BCUT2D eigenvalue weighted by atomic mass is 32.2. The van der Waals surface area contributed by atoms with Crippen molar-refractivity contribution in [1.29, 1.82) is 0 Å². The zero-order valence-corrected chi connectivity index (χ0v) is 14.1. The van der Waals surface area contributed by atoms with Crippen LogP contribution in [-0.4, -0.2) is 34.3 Å². The van der Waals surface area contributed by atoms with Gasteiger partial charge in [0.2, 0.25) is 9.84 Å². The molecule has 0 aliphatic carbocycles. The van der Waals surface area contributed by atoms with E-state index in [2.05, 4.69) is 5.32 Å². The Labute approximate surface area is 143 Å². The first-order valence-electron chi connectivity index (χ1n) is 6.95. The summed E-state index contributed by atoms with van der Waals surface area (Å²) in [6, 6.07) is 9.03. The second kappa shape index (κ2) is 7.47. The molecule has 1 amide bonds. The monoisotopic (exact) mass is 371 g/mol. The van der Waals surface area contributed by atoms with Crippen molar-refractivity contribution in [1.82, 2.24) is 0 Å². The number of anilines is 1. The Balaban J connectivity index is 2.19. The zero-order chi connectivity index (χ0) is 18.6. The molecule has 0 radical (unpaired) electrons. The topological polar surface area (TPSA) is 81.7 Å². The molecule has 0 aliphatic heterocycles. The number of benzene rings is 2. The molecule has 6 nitrogen and oxygen atoms in total. The number of sulfone groups is 1. The van der Waals surface area contributed by atoms with Crippen molar-refractivity contribution >= 4 is 21.4 Å². The van der Waals surface area contributed by atoms with Crippen molar-refractivity contribution in [3.8, 4) is 11.5 Å². The summed E-state index contributed by atoms with van der Waals surface area (Å²) in [4.78, 5) is 11.7. The third kappa shape index (κ3) is 4.05. The van der Waals surface area contributed by atoms with E-state index < -0.39 is 26.4 Å². The Kier molecular flexibility index (Phi) is 5.58. The lowest BCUT2D eigenvalue weighted by Gasteiger charge is -2.10. The fourth-order valence-corrected chi connectivity index (χ4v) is 2.73. The predicted octanol–water partition coefficient (Wildman–Crippen LogP) is 2.95. The summed E-state index contributed by atoms with van der Waals surface area (Å²) in [5, 5.41) is 2.54. The highest BCUT2D eigenvalue weighted by Gasteiger charge is 2.26. The number of nitrogens with one attached hydrogen (secondary N) is 1. The van der Waals surface area contributed by atoms with Crippen LogP contribution in [-0.2, 0) is 9.84 Å². The molecule has 2 aromatic rings. The van der Waals surface area contributed by atoms with Gasteiger partial charge in [0, 0.05) is 11.3 Å². The molecule has 2 rings (SSSR count). The zero-order valence-electron chi connectivity index (χ0n) is 13.3. The second-order valence-electron chi connectivity index (χ2n) is 4.85. The highest BCUT2D eigenvalue weighted by molar-refractivity contribution is 7.91. The van der Waals surface area contributed by atoms with Crippen LogP contribution in [0.5, 0.6) is 11.5 Å². The van der Waals surface area contributed by atoms with E-state index in [9.17, 15) is 22.0 Å². The van der Waals surface area contributed by atoms with E-state index >= 15 is 0 Å². The number of amides is 1. The Morgan fingerprint density at radius 3 is 2.12 bits per heavy atom. The Hall–Kier alpha value is -2.68. The number of hydrogen-bond donors (Lipinski definition) is 1. The summed E-state index contributed by atoms with van der Waals surface area (Å²) in [7, 11) is -1.77. The Morgan fingerprint density at radius 1 is 1.00 bits per heavy atom. The molecule has 0 bridgehead atoms. The summed E-state index contributed by atoms with van der Waals surface area (Å²) < 4.78 is 57.9. The molecule has 25 heavy (non-hydrogen) atoms. The minimum atomic E-state index is -4.67. The van der Waals surface area contributed by atoms with Crippen molar-refractivity contribution in [3.05, 3.63) is 48.0 Å². The third-order valence-electron chi connectivity index (χ3n) is 3.32. The summed E-state index contributed by atoms with van der Waals surface area (Å²) in [6.07, 6.45) is 0. The van der Waals surface area contributed by atoms with Gasteiger partial charge in [0.25, 0.3) is 5.91 Å². The first-order chi connectivity index (χ1) is 11.8. The van der Waals surface area contributed by atoms with Crippen molar-refractivity contribution in [2.75, 3.05) is 19.5 Å². The standard InChI is InChI=1S/C16H15F2NO5S/c1-23-13-8-3-10(9-14(13)24-2)15(20)19-11-4-6-12(7-5-11)25(21,22)16(17)18/h3-9,16H,1-2H3,(H,19,20). The largest absolute Gasteiger partial charge is 0.493 e. The van der Waals surface area contributed by atoms with Gasteiger partial charge >= 0.3 is 5.76 Å². The predicted molar refractivity (Wildman–Crippen MR) is 87.1 cm³/mol. The van der Waals surface area contributed by atoms with Crippen molar-refractivity contribution in [3.63, 3.8) is 0 Å². The fourth-order valence-electron chi connectivity index (χ4n) is 2.01. The second-order valence-corrected chi connectivity index (χ2v) is 6.77. The van der Waals surface area contributed by atoms with Gasteiger partial charge in [-0.25, -0.2) is 8.42 Å². The molecule has 0 atom stereocenters. The van der Waals surface area contributed by atoms with Gasteiger partial charge in [-0.1, -0.05) is 0 Å². The molecule has 0 spiro atoms. The average Bonchev–Trinajstić information content (AvgIpc) is 2.61. The number of ether oxygens (including phenoxy) is 2. The molecule has 0 saturated carbocycles. The van der Waals surface area contributed by atoms with Crippen LogP contribution >= 0.6 is 0 Å². The molecule has 0 fully saturated rings. The molecular formula is C16H15F2NO5S. The van der Waals surface area contributed by atoms with Crippen LogP contribution in [0.2, 0.25) is 0 Å². The molecule has 2 aromatic carbocycles. The number of carbonyl (C=O) groups excluding carboxylic acids is 1. The molecule has 0 unspecified atom stereocenters. The van der Waals surface area contributed by atoms with Crippen LogP contribution in [0.3, 0.4) is 0 Å². The van der Waals surface area contributed by atoms with E-state index in [4.69, 9.17) is 9.47 Å². The van der Waals surface area contributed by atoms with Gasteiger partial charge in [-0.15, -0.1) is 0 Å². The van der Waals surface area contributed by atoms with Crippen molar-refractivity contribution in [2.24, 2.45) is 0 Å². The van der Waals surface area contributed by atoms with Gasteiger partial charge < -0.3 is 14.8 Å². The van der Waals surface area contributed by atoms with Gasteiger partial charge in [-0.3, -0.25) is 4.79 Å². The molecule has 0 saturated heterocycles. The van der Waals surface area contributed by atoms with Crippen molar-refractivity contribution in [2.45, 2.75) is 10.7 Å². The van der Waals surface area contributed by atoms with Gasteiger partial charge in [0.1, 0.15) is 0 Å². The van der Waals surface area contributed by atoms with E-state index in [1.807, 2.05) is 0 Å². The van der Waals surface area contributed by atoms with Crippen LogP contribution in [0, 0.1) is 0 Å². The molecule has 0 aromatic heterocycles. The van der Waals surface area contributed by atoms with Crippen LogP contribution in [0.15, 0.2) is 47.4 Å². The number of halogens is 2. The van der Waals surface area contributed by atoms with Crippen molar-refractivity contribution < 1.29 is 31.5 Å². The first kappa shape index (κ1) is 18.7. The maximum Gasteiger partial charge on any atom is 0.341 e. The average molecular weight is 371 g/mol. The minimum Gasteiger partial charge on any atom is -0.493 e. The van der Waals surface area contributed by atoms with E-state index in [0.717, 1.165) is 12.1 Å². The molecule has 9 heteroatoms. The number of alkyl halides is 2. The molecule has 0 heterocycles. The lowest BCUT2D eigenvalue weighted by molar-refractivity contribution is 0.102. The normalized spacial score (nSPS) is 11.2. The molecule has 1 N–H and O–H groups in total. The van der Waals surface area contributed by atoms with E-state index in [-0.39, 0.29) is 11.3 Å². The van der Waals surface area contributed by atoms with Crippen LogP contribution < -0.4 is 14.8 Å². The number of carbonyl (C=O) groups is 1. The quantitative estimate of drug-likeness (QED) is 0.844. The molecule has 0 aliphatic rings. The summed E-state index contributed by atoms with van der Waals surface area (Å²) in [6.45, 7) is 0. The SMILES string of the molecule is COc1ccc(C(=O)Nc2ccc(S(=O)(=O)C(F)F)cc2)cc1OC. The van der Waals surface area contributed by atoms with Crippen LogP contribution in [0.4, 0.5) is 14.5 Å². The fraction of sp³-hybridized carbons (Fsp3) is 0.188. The van der Waals surface area contributed by atoms with Gasteiger partial charge in [0.05, 0.1) is 19.1 Å². The molecule has 134 valence electrons.